The normalized spacial score (nSPS) is 36.0. The first-order valence-electron chi connectivity index (χ1n) is 16.0. The van der Waals surface area contributed by atoms with E-state index in [0.717, 1.165) is 48.5 Å². The van der Waals surface area contributed by atoms with Crippen LogP contribution in [0.15, 0.2) is 42.0 Å². The molecule has 7 atom stereocenters. The van der Waals surface area contributed by atoms with Gasteiger partial charge >= 0.3 is 6.16 Å². The number of allylic oxidation sites excluding steroid dienone is 1. The van der Waals surface area contributed by atoms with E-state index in [9.17, 15) is 4.79 Å². The molecule has 3 heteroatoms. The lowest BCUT2D eigenvalue weighted by Crippen LogP contribution is -2.50. The molecule has 38 heavy (non-hydrogen) atoms. The van der Waals surface area contributed by atoms with Crippen molar-refractivity contribution in [3.63, 3.8) is 0 Å². The fourth-order valence-corrected chi connectivity index (χ4v) is 9.37. The van der Waals surface area contributed by atoms with Crippen LogP contribution in [0.25, 0.3) is 0 Å². The van der Waals surface area contributed by atoms with Gasteiger partial charge in [0.15, 0.2) is 0 Å². The summed E-state index contributed by atoms with van der Waals surface area (Å²) in [6.07, 6.45) is 22.0. The van der Waals surface area contributed by atoms with Crippen LogP contribution in [-0.4, -0.2) is 12.3 Å². The third kappa shape index (κ3) is 5.73. The van der Waals surface area contributed by atoms with Gasteiger partial charge in [-0.25, -0.2) is 4.79 Å². The Morgan fingerprint density at radius 1 is 0.921 bits per heavy atom. The van der Waals surface area contributed by atoms with Gasteiger partial charge in [-0.3, -0.25) is 0 Å². The predicted octanol–water partition coefficient (Wildman–Crippen LogP) is 10.0. The van der Waals surface area contributed by atoms with Crippen LogP contribution in [0.5, 0.6) is 0 Å². The first-order chi connectivity index (χ1) is 18.4. The molecular weight excluding hydrogens is 468 g/mol. The van der Waals surface area contributed by atoms with Crippen molar-refractivity contribution in [2.75, 3.05) is 0 Å². The highest BCUT2D eigenvalue weighted by atomic mass is 16.7. The van der Waals surface area contributed by atoms with E-state index in [1.807, 2.05) is 30.3 Å². The maximum absolute atomic E-state index is 12.4. The third-order valence-corrected chi connectivity index (χ3v) is 11.6. The Balaban J connectivity index is 1.15. The van der Waals surface area contributed by atoms with Crippen LogP contribution in [0.4, 0.5) is 4.79 Å². The molecule has 7 unspecified atom stereocenters. The van der Waals surface area contributed by atoms with Gasteiger partial charge in [-0.1, -0.05) is 101 Å². The average Bonchev–Trinajstić information content (AvgIpc) is 3.26. The quantitative estimate of drug-likeness (QED) is 0.175. The van der Waals surface area contributed by atoms with Crippen LogP contribution in [0.3, 0.4) is 0 Å². The van der Waals surface area contributed by atoms with Gasteiger partial charge in [0.25, 0.3) is 0 Å². The van der Waals surface area contributed by atoms with Crippen molar-refractivity contribution in [2.45, 2.75) is 130 Å². The summed E-state index contributed by atoms with van der Waals surface area (Å²) in [5.41, 5.74) is 3.41. The Hall–Kier alpha value is -1.77. The second kappa shape index (κ2) is 12.2. The smallest absolute Gasteiger partial charge is 0.431 e. The van der Waals surface area contributed by atoms with Crippen LogP contribution in [0.2, 0.25) is 0 Å². The molecule has 4 aliphatic rings. The van der Waals surface area contributed by atoms with Gasteiger partial charge in [0, 0.05) is 6.42 Å². The van der Waals surface area contributed by atoms with Crippen LogP contribution in [-0.2, 0) is 16.1 Å². The van der Waals surface area contributed by atoms with Gasteiger partial charge in [0.1, 0.15) is 12.7 Å². The minimum atomic E-state index is -0.521. The van der Waals surface area contributed by atoms with E-state index >= 15 is 0 Å². The Labute approximate surface area is 232 Å². The number of rotatable bonds is 10. The van der Waals surface area contributed by atoms with E-state index in [-0.39, 0.29) is 18.1 Å². The number of unbranched alkanes of at least 4 members (excludes halogenated alkanes) is 5. The summed E-state index contributed by atoms with van der Waals surface area (Å²) in [6, 6.07) is 9.84. The molecule has 5 rings (SSSR count). The molecule has 0 heterocycles. The monoisotopic (exact) mass is 520 g/mol. The molecule has 3 nitrogen and oxygen atoms in total. The average molecular weight is 521 g/mol. The molecule has 0 aliphatic heterocycles. The minimum Gasteiger partial charge on any atom is -0.431 e. The van der Waals surface area contributed by atoms with Gasteiger partial charge in [-0.2, -0.15) is 0 Å². The van der Waals surface area contributed by atoms with Crippen molar-refractivity contribution in [1.82, 2.24) is 0 Å². The van der Waals surface area contributed by atoms with E-state index in [0.29, 0.717) is 5.41 Å². The standard InChI is InChI=1S/C35H52O3/c1-4-5-6-7-8-12-15-27-17-19-31-30-18-16-28-24-29(38-33(36)37-25-26-13-10-9-11-14-26)20-22-35(28,3)32(30)21-23-34(27,31)2/h9-11,13-14,16,27,29-32H,4-8,12,15,17-25H2,1-3H3. The molecular formula is C35H52O3. The molecule has 1 aromatic carbocycles. The summed E-state index contributed by atoms with van der Waals surface area (Å²) in [5.74, 6) is 3.51. The summed E-state index contributed by atoms with van der Waals surface area (Å²) >= 11 is 0. The fraction of sp³-hybridized carbons (Fsp3) is 0.743. The van der Waals surface area contributed by atoms with Crippen LogP contribution in [0.1, 0.15) is 123 Å². The van der Waals surface area contributed by atoms with E-state index in [1.165, 1.54) is 77.0 Å². The third-order valence-electron chi connectivity index (χ3n) is 11.6. The van der Waals surface area contributed by atoms with Gasteiger partial charge in [-0.05, 0) is 91.4 Å². The van der Waals surface area contributed by atoms with Crippen molar-refractivity contribution in [1.29, 1.82) is 0 Å². The number of hydrogen-bond acceptors (Lipinski definition) is 3. The maximum atomic E-state index is 12.4. The molecule has 0 saturated heterocycles. The lowest BCUT2D eigenvalue weighted by molar-refractivity contribution is -0.0567. The number of benzene rings is 1. The molecule has 4 aliphatic carbocycles. The summed E-state index contributed by atoms with van der Waals surface area (Å²) in [7, 11) is 0. The van der Waals surface area contributed by atoms with Crippen LogP contribution in [0, 0.1) is 34.5 Å². The molecule has 0 bridgehead atoms. The van der Waals surface area contributed by atoms with Crippen molar-refractivity contribution in [2.24, 2.45) is 34.5 Å². The van der Waals surface area contributed by atoms with Gasteiger partial charge < -0.3 is 9.47 Å². The van der Waals surface area contributed by atoms with Gasteiger partial charge in [-0.15, -0.1) is 0 Å². The minimum absolute atomic E-state index is 0.0452. The molecule has 210 valence electrons. The summed E-state index contributed by atoms with van der Waals surface area (Å²) in [4.78, 5) is 12.4. The second-order valence-corrected chi connectivity index (χ2v) is 13.6. The summed E-state index contributed by atoms with van der Waals surface area (Å²) in [5, 5.41) is 0. The highest BCUT2D eigenvalue weighted by Gasteiger charge is 2.58. The predicted molar refractivity (Wildman–Crippen MR) is 155 cm³/mol. The zero-order chi connectivity index (χ0) is 26.6. The van der Waals surface area contributed by atoms with E-state index in [4.69, 9.17) is 9.47 Å². The van der Waals surface area contributed by atoms with Gasteiger partial charge in [0.2, 0.25) is 0 Å². The molecule has 0 amide bonds. The molecule has 0 radical (unpaired) electrons. The van der Waals surface area contributed by atoms with Crippen LogP contribution < -0.4 is 0 Å². The van der Waals surface area contributed by atoms with Gasteiger partial charge in [0.05, 0.1) is 0 Å². The molecule has 3 fully saturated rings. The number of carbonyl (C=O) groups excluding carboxylic acids is 1. The largest absolute Gasteiger partial charge is 0.508 e. The van der Waals surface area contributed by atoms with Crippen molar-refractivity contribution in [3.8, 4) is 0 Å². The fourth-order valence-electron chi connectivity index (χ4n) is 9.37. The topological polar surface area (TPSA) is 35.5 Å². The Morgan fingerprint density at radius 3 is 2.53 bits per heavy atom. The maximum Gasteiger partial charge on any atom is 0.508 e. The lowest BCUT2D eigenvalue weighted by Gasteiger charge is -2.58. The molecule has 0 aromatic heterocycles. The van der Waals surface area contributed by atoms with Crippen molar-refractivity contribution in [3.05, 3.63) is 47.5 Å². The van der Waals surface area contributed by atoms with Crippen LogP contribution >= 0.6 is 0 Å². The van der Waals surface area contributed by atoms with Crippen molar-refractivity contribution >= 4 is 6.16 Å². The molecule has 3 saturated carbocycles. The lowest BCUT2D eigenvalue weighted by atomic mass is 9.47. The Bertz CT molecular complexity index is 953. The zero-order valence-electron chi connectivity index (χ0n) is 24.4. The number of ether oxygens (including phenoxy) is 2. The Kier molecular flexibility index (Phi) is 8.90. The van der Waals surface area contributed by atoms with E-state index < -0.39 is 6.16 Å². The molecule has 0 spiro atoms. The first kappa shape index (κ1) is 27.8. The van der Waals surface area contributed by atoms with Crippen molar-refractivity contribution < 1.29 is 14.3 Å². The summed E-state index contributed by atoms with van der Waals surface area (Å²) < 4.78 is 11.2. The number of hydrogen-bond donors (Lipinski definition) is 0. The highest BCUT2D eigenvalue weighted by molar-refractivity contribution is 5.60. The van der Waals surface area contributed by atoms with E-state index in [2.05, 4.69) is 26.8 Å². The van der Waals surface area contributed by atoms with E-state index in [1.54, 1.807) is 5.57 Å². The number of fused-ring (bicyclic) bond motifs is 5. The SMILES string of the molecule is CCCCCCCCC1CCC2C3CC=C4CC(OC(=O)OCc5ccccc5)CCC4(C)C3CCC12C. The Morgan fingerprint density at radius 2 is 1.71 bits per heavy atom. The first-order valence-corrected chi connectivity index (χ1v) is 16.0. The second-order valence-electron chi connectivity index (χ2n) is 13.6. The summed E-state index contributed by atoms with van der Waals surface area (Å²) in [6.45, 7) is 7.81. The zero-order valence-corrected chi connectivity index (χ0v) is 24.4. The molecule has 1 aromatic rings. The molecule has 0 N–H and O–H groups in total. The highest BCUT2D eigenvalue weighted by Crippen LogP contribution is 2.66. The number of carbonyl (C=O) groups is 1.